The molecule has 2 aromatic heterocycles. The van der Waals surface area contributed by atoms with Crippen LogP contribution in [0.15, 0.2) is 79.3 Å². The van der Waals surface area contributed by atoms with Gasteiger partial charge in [0.25, 0.3) is 5.91 Å². The van der Waals surface area contributed by atoms with Crippen LogP contribution < -0.4 is 5.32 Å². The number of fused-ring (bicyclic) bond motifs is 1. The minimum absolute atomic E-state index is 0.0632. The van der Waals surface area contributed by atoms with E-state index in [-0.39, 0.29) is 10.9 Å². The molecule has 0 saturated carbocycles. The van der Waals surface area contributed by atoms with E-state index in [0.717, 1.165) is 53.9 Å². The first kappa shape index (κ1) is 24.6. The molecule has 1 saturated heterocycles. The number of aromatic nitrogens is 2. The highest BCUT2D eigenvalue weighted by Gasteiger charge is 2.35. The van der Waals surface area contributed by atoms with Gasteiger partial charge in [-0.15, -0.1) is 0 Å². The molecule has 1 fully saturated rings. The lowest BCUT2D eigenvalue weighted by Crippen LogP contribution is -2.32. The van der Waals surface area contributed by atoms with Crippen LogP contribution in [0, 0.1) is 5.82 Å². The molecule has 1 amide bonds. The number of aromatic amines is 1. The van der Waals surface area contributed by atoms with Crippen LogP contribution in [0.25, 0.3) is 28.0 Å². The predicted octanol–water partition coefficient (Wildman–Crippen LogP) is 6.54. The first-order valence-corrected chi connectivity index (χ1v) is 13.2. The van der Waals surface area contributed by atoms with Crippen LogP contribution >= 0.6 is 11.6 Å². The zero-order valence-corrected chi connectivity index (χ0v) is 21.8. The van der Waals surface area contributed by atoms with Crippen LogP contribution in [0.4, 0.5) is 4.39 Å². The van der Waals surface area contributed by atoms with Crippen LogP contribution in [0.3, 0.4) is 0 Å². The number of nitrogens with zero attached hydrogens (tertiary/aromatic N) is 2. The van der Waals surface area contributed by atoms with E-state index in [9.17, 15) is 9.18 Å². The molecule has 5 nitrogen and oxygen atoms in total. The number of hydrogen-bond donors (Lipinski definition) is 2. The monoisotopic (exact) mass is 526 g/mol. The number of nitrogens with one attached hydrogen (secondary N) is 2. The number of halogens is 2. The number of carbonyl (C=O) groups excluding carboxylic acids is 1. The molecule has 0 aliphatic carbocycles. The van der Waals surface area contributed by atoms with E-state index in [0.29, 0.717) is 17.5 Å². The Morgan fingerprint density at radius 3 is 2.63 bits per heavy atom. The fraction of sp³-hybridized carbons (Fsp3) is 0.226. The maximum Gasteiger partial charge on any atom is 0.251 e. The fourth-order valence-electron chi connectivity index (χ4n) is 5.84. The highest BCUT2D eigenvalue weighted by Crippen LogP contribution is 2.43. The third kappa shape index (κ3) is 4.55. The van der Waals surface area contributed by atoms with Gasteiger partial charge in [0, 0.05) is 67.0 Å². The number of H-pyrrole nitrogens is 1. The van der Waals surface area contributed by atoms with Gasteiger partial charge in [-0.3, -0.25) is 14.7 Å². The van der Waals surface area contributed by atoms with Gasteiger partial charge in [-0.05, 0) is 77.9 Å². The summed E-state index contributed by atoms with van der Waals surface area (Å²) in [7, 11) is 1.65. The van der Waals surface area contributed by atoms with Gasteiger partial charge < -0.3 is 10.3 Å². The molecule has 2 atom stereocenters. The topological polar surface area (TPSA) is 61.0 Å². The summed E-state index contributed by atoms with van der Waals surface area (Å²) in [6.45, 7) is 2.00. The Bertz CT molecular complexity index is 1510. The van der Waals surface area contributed by atoms with Crippen LogP contribution in [-0.4, -0.2) is 47.0 Å². The number of pyridine rings is 1. The summed E-state index contributed by atoms with van der Waals surface area (Å²) in [5, 5.41) is 2.78. The van der Waals surface area contributed by atoms with Crippen LogP contribution in [-0.2, 0) is 0 Å². The van der Waals surface area contributed by atoms with Crippen molar-refractivity contribution < 1.29 is 9.18 Å². The molecule has 6 rings (SSSR count). The van der Waals surface area contributed by atoms with Crippen LogP contribution in [0.5, 0.6) is 0 Å². The average Bonchev–Trinajstić information content (AvgIpc) is 3.59. The highest BCUT2D eigenvalue weighted by atomic mass is 35.5. The van der Waals surface area contributed by atoms with Crippen molar-refractivity contribution >= 4 is 23.1 Å². The van der Waals surface area contributed by atoms with Crippen molar-refractivity contribution in [1.82, 2.24) is 20.2 Å². The van der Waals surface area contributed by atoms with E-state index in [2.05, 4.69) is 44.6 Å². The Hall–Kier alpha value is -3.74. The van der Waals surface area contributed by atoms with E-state index in [1.54, 1.807) is 31.6 Å². The molecule has 38 heavy (non-hydrogen) atoms. The summed E-state index contributed by atoms with van der Waals surface area (Å²) in [5.41, 5.74) is 8.31. The first-order chi connectivity index (χ1) is 18.5. The Morgan fingerprint density at radius 1 is 1.11 bits per heavy atom. The zero-order valence-electron chi connectivity index (χ0n) is 21.0. The molecule has 192 valence electrons. The van der Waals surface area contributed by atoms with Gasteiger partial charge in [0.05, 0.1) is 10.7 Å². The van der Waals surface area contributed by atoms with Crippen molar-refractivity contribution in [1.29, 1.82) is 0 Å². The summed E-state index contributed by atoms with van der Waals surface area (Å²) in [6.07, 6.45) is 10.0. The van der Waals surface area contributed by atoms with Crippen molar-refractivity contribution in [2.75, 3.05) is 20.1 Å². The largest absolute Gasteiger partial charge is 0.360 e. The fourth-order valence-corrected chi connectivity index (χ4v) is 6.02. The van der Waals surface area contributed by atoms with E-state index in [1.165, 1.54) is 17.2 Å². The van der Waals surface area contributed by atoms with Crippen molar-refractivity contribution in [2.45, 2.75) is 24.8 Å². The number of hydrogen-bond acceptors (Lipinski definition) is 3. The second-order valence-electron chi connectivity index (χ2n) is 9.96. The summed E-state index contributed by atoms with van der Waals surface area (Å²) < 4.78 is 13.9. The maximum absolute atomic E-state index is 13.9. The van der Waals surface area contributed by atoms with E-state index in [1.807, 2.05) is 24.3 Å². The lowest BCUT2D eigenvalue weighted by molar-refractivity contribution is 0.0963. The Kier molecular flexibility index (Phi) is 6.60. The summed E-state index contributed by atoms with van der Waals surface area (Å²) in [4.78, 5) is 22.1. The maximum atomic E-state index is 13.9. The number of rotatable bonds is 5. The smallest absolute Gasteiger partial charge is 0.251 e. The van der Waals surface area contributed by atoms with Gasteiger partial charge in [0.15, 0.2) is 0 Å². The molecule has 2 aliphatic heterocycles. The normalized spacial score (nSPS) is 19.2. The van der Waals surface area contributed by atoms with Gasteiger partial charge in [0.1, 0.15) is 5.82 Å². The van der Waals surface area contributed by atoms with Crippen molar-refractivity contribution in [3.63, 3.8) is 0 Å². The standard InChI is InChI=1S/C31H28ClFN4O/c1-34-31(38)21-4-2-19(3-5-21)24-15-25-14-22(10-13-37(25)18-24)26-17-36-30(23-6-7-28(33)27(32)16-23)29(26)20-8-11-35-12-9-20/h2-9,11-12,14,16-17,24-25,36H,10,13,15,18H2,1H3,(H,34,38)/t24-,25-/m1/s1. The lowest BCUT2D eigenvalue weighted by atomic mass is 9.90. The number of carbonyl (C=O) groups is 1. The van der Waals surface area contributed by atoms with Gasteiger partial charge in [-0.2, -0.15) is 0 Å². The van der Waals surface area contributed by atoms with Crippen LogP contribution in [0.1, 0.15) is 40.2 Å². The minimum Gasteiger partial charge on any atom is -0.360 e. The molecule has 2 N–H and O–H groups in total. The van der Waals surface area contributed by atoms with E-state index in [4.69, 9.17) is 11.6 Å². The molecule has 7 heteroatoms. The molecule has 0 spiro atoms. The Balaban J connectivity index is 1.32. The minimum atomic E-state index is -0.429. The molecule has 4 aromatic rings. The molecule has 2 aromatic carbocycles. The quantitative estimate of drug-likeness (QED) is 0.310. The second kappa shape index (κ2) is 10.2. The predicted molar refractivity (Wildman–Crippen MR) is 150 cm³/mol. The van der Waals surface area contributed by atoms with Gasteiger partial charge in [-0.1, -0.05) is 29.8 Å². The van der Waals surface area contributed by atoms with Crippen molar-refractivity contribution in [3.05, 3.63) is 107 Å². The molecule has 4 heterocycles. The van der Waals surface area contributed by atoms with Gasteiger partial charge >= 0.3 is 0 Å². The zero-order chi connectivity index (χ0) is 26.2. The summed E-state index contributed by atoms with van der Waals surface area (Å²) >= 11 is 6.14. The lowest BCUT2D eigenvalue weighted by Gasteiger charge is -2.28. The van der Waals surface area contributed by atoms with Gasteiger partial charge in [0.2, 0.25) is 0 Å². The number of amides is 1. The molecular formula is C31H28ClFN4O. The number of benzene rings is 2. The van der Waals surface area contributed by atoms with E-state index < -0.39 is 5.82 Å². The average molecular weight is 527 g/mol. The Labute approximate surface area is 226 Å². The molecule has 0 bridgehead atoms. The SMILES string of the molecule is CNC(=O)c1ccc([C@@H]2C[C@H]3C=C(c4c[nH]c(-c5ccc(F)c(Cl)c5)c4-c4ccncc4)CCN3C2)cc1. The third-order valence-corrected chi connectivity index (χ3v) is 8.08. The summed E-state index contributed by atoms with van der Waals surface area (Å²) in [6, 6.07) is 17.2. The highest BCUT2D eigenvalue weighted by molar-refractivity contribution is 6.31. The molecule has 0 radical (unpaired) electrons. The van der Waals surface area contributed by atoms with Gasteiger partial charge in [-0.25, -0.2) is 4.39 Å². The van der Waals surface area contributed by atoms with Crippen molar-refractivity contribution in [3.8, 4) is 22.4 Å². The van der Waals surface area contributed by atoms with Crippen LogP contribution in [0.2, 0.25) is 5.02 Å². The molecular weight excluding hydrogens is 499 g/mol. The van der Waals surface area contributed by atoms with E-state index >= 15 is 0 Å². The first-order valence-electron chi connectivity index (χ1n) is 12.9. The summed E-state index contributed by atoms with van der Waals surface area (Å²) in [5.74, 6) is -0.0642. The Morgan fingerprint density at radius 2 is 1.89 bits per heavy atom. The van der Waals surface area contributed by atoms with Crippen molar-refractivity contribution in [2.24, 2.45) is 0 Å². The molecule has 0 unspecified atom stereocenters. The third-order valence-electron chi connectivity index (χ3n) is 7.79. The second-order valence-corrected chi connectivity index (χ2v) is 10.4. The molecule has 2 aliphatic rings.